The molecule has 2 fully saturated rings. The molecular weight excluding hydrogens is 427 g/mol. The highest BCUT2D eigenvalue weighted by Crippen LogP contribution is 2.38. The van der Waals surface area contributed by atoms with Gasteiger partial charge in [0.25, 0.3) is 0 Å². The number of benzene rings is 1. The van der Waals surface area contributed by atoms with Crippen LogP contribution in [0.4, 0.5) is 4.39 Å². The summed E-state index contributed by atoms with van der Waals surface area (Å²) in [5, 5.41) is 4.25. The highest BCUT2D eigenvalue weighted by molar-refractivity contribution is 5.73. The lowest BCUT2D eigenvalue weighted by Crippen LogP contribution is -2.54. The Bertz CT molecular complexity index is 1200. The van der Waals surface area contributed by atoms with E-state index in [-0.39, 0.29) is 12.1 Å². The average Bonchev–Trinajstić information content (AvgIpc) is 3.40. The highest BCUT2D eigenvalue weighted by atomic mass is 19.1. The minimum absolute atomic E-state index is 0.0248. The molecule has 2 saturated heterocycles. The monoisotopic (exact) mass is 458 g/mol. The number of hydrogen-bond acceptors (Lipinski definition) is 5. The molecule has 0 spiro atoms. The lowest BCUT2D eigenvalue weighted by molar-refractivity contribution is 0.0268. The molecule has 7 heteroatoms. The molecular formula is C27H31FN6. The van der Waals surface area contributed by atoms with Gasteiger partial charge >= 0.3 is 0 Å². The molecule has 1 aromatic carbocycles. The Morgan fingerprint density at radius 2 is 1.88 bits per heavy atom. The maximum absolute atomic E-state index is 15.2. The Balaban J connectivity index is 1.35. The summed E-state index contributed by atoms with van der Waals surface area (Å²) in [4.78, 5) is 13.5. The van der Waals surface area contributed by atoms with Crippen molar-refractivity contribution in [3.63, 3.8) is 0 Å². The number of fused-ring (bicyclic) bond motifs is 2. The standard InChI is InChI=1S/C27H31FN6/c1-5-18(16-32(2)25-12-23-9-10-24(26(25)28)34(23)4)21-13-29-27(30-14-21)20-8-6-7-19(11-20)22-15-31-33(3)17-22/h5-8,11,13-17,23-26H,1,9-10,12H2,2-4H3/b18-16+/t23?,24-,25+,26?/m1/s1. The van der Waals surface area contributed by atoms with Crippen molar-refractivity contribution in [1.29, 1.82) is 0 Å². The summed E-state index contributed by atoms with van der Waals surface area (Å²) in [6.07, 6.45) is 13.2. The van der Waals surface area contributed by atoms with E-state index in [4.69, 9.17) is 0 Å². The topological polar surface area (TPSA) is 50.1 Å². The fourth-order valence-corrected chi connectivity index (χ4v) is 5.36. The van der Waals surface area contributed by atoms with E-state index < -0.39 is 6.17 Å². The number of piperidine rings is 1. The Morgan fingerprint density at radius 1 is 1.12 bits per heavy atom. The number of allylic oxidation sites excluding steroid dienone is 2. The van der Waals surface area contributed by atoms with Crippen molar-refractivity contribution in [2.24, 2.45) is 7.05 Å². The third-order valence-corrected chi connectivity index (χ3v) is 7.37. The van der Waals surface area contributed by atoms with Crippen molar-refractivity contribution in [3.05, 3.63) is 73.5 Å². The van der Waals surface area contributed by atoms with E-state index in [2.05, 4.69) is 45.7 Å². The summed E-state index contributed by atoms with van der Waals surface area (Å²) >= 11 is 0. The van der Waals surface area contributed by atoms with Crippen LogP contribution in [-0.4, -0.2) is 67.9 Å². The minimum atomic E-state index is -0.859. The zero-order chi connectivity index (χ0) is 23.8. The molecule has 176 valence electrons. The smallest absolute Gasteiger partial charge is 0.159 e. The Hall–Kier alpha value is -3.32. The molecule has 0 aliphatic carbocycles. The Kier molecular flexibility index (Phi) is 6.04. The van der Waals surface area contributed by atoms with Crippen molar-refractivity contribution < 1.29 is 4.39 Å². The summed E-state index contributed by atoms with van der Waals surface area (Å²) in [6.45, 7) is 3.98. The first-order valence-electron chi connectivity index (χ1n) is 11.8. The van der Waals surface area contributed by atoms with Gasteiger partial charge in [-0.05, 0) is 37.9 Å². The second-order valence-corrected chi connectivity index (χ2v) is 9.44. The number of nitrogens with zero attached hydrogens (tertiary/aromatic N) is 6. The van der Waals surface area contributed by atoms with Gasteiger partial charge in [-0.1, -0.05) is 30.9 Å². The first-order chi connectivity index (χ1) is 16.4. The summed E-state index contributed by atoms with van der Waals surface area (Å²) in [5.74, 6) is 0.655. The Morgan fingerprint density at radius 3 is 2.59 bits per heavy atom. The molecule has 0 radical (unpaired) electrons. The Labute approximate surface area is 200 Å². The SMILES string of the molecule is C=C/C(=C\N(C)[C@H]1CC2CC[C@H](C1F)N2C)c1cnc(-c2cccc(-c3cnn(C)c3)c2)nc1. The van der Waals surface area contributed by atoms with Crippen LogP contribution in [0.1, 0.15) is 24.8 Å². The maximum atomic E-state index is 15.2. The van der Waals surface area contributed by atoms with E-state index in [1.165, 1.54) is 0 Å². The third kappa shape index (κ3) is 4.16. The third-order valence-electron chi connectivity index (χ3n) is 7.37. The van der Waals surface area contributed by atoms with Crippen molar-refractivity contribution in [1.82, 2.24) is 29.5 Å². The molecule has 2 aliphatic heterocycles. The molecule has 4 heterocycles. The molecule has 2 unspecified atom stereocenters. The van der Waals surface area contributed by atoms with Crippen LogP contribution in [0.5, 0.6) is 0 Å². The minimum Gasteiger partial charge on any atom is -0.374 e. The molecule has 2 aliphatic rings. The quantitative estimate of drug-likeness (QED) is 0.506. The van der Waals surface area contributed by atoms with Gasteiger partial charge in [-0.2, -0.15) is 5.10 Å². The number of aryl methyl sites for hydroxylation is 1. The number of alkyl halides is 1. The van der Waals surface area contributed by atoms with Gasteiger partial charge in [-0.25, -0.2) is 14.4 Å². The van der Waals surface area contributed by atoms with Gasteiger partial charge in [-0.15, -0.1) is 0 Å². The van der Waals surface area contributed by atoms with Crippen molar-refractivity contribution in [3.8, 4) is 22.5 Å². The number of aromatic nitrogens is 4. The van der Waals surface area contributed by atoms with Gasteiger partial charge in [0.15, 0.2) is 5.82 Å². The molecule has 0 saturated carbocycles. The zero-order valence-corrected chi connectivity index (χ0v) is 20.0. The van der Waals surface area contributed by atoms with E-state index in [0.717, 1.165) is 47.1 Å². The summed E-state index contributed by atoms with van der Waals surface area (Å²) in [5.41, 5.74) is 4.81. The van der Waals surface area contributed by atoms with Gasteiger partial charge in [-0.3, -0.25) is 9.58 Å². The van der Waals surface area contributed by atoms with E-state index in [1.54, 1.807) is 10.8 Å². The number of hydrogen-bond donors (Lipinski definition) is 0. The molecule has 5 rings (SSSR count). The van der Waals surface area contributed by atoms with Crippen LogP contribution in [0.15, 0.2) is 67.9 Å². The highest BCUT2D eigenvalue weighted by Gasteiger charge is 2.46. The van der Waals surface area contributed by atoms with E-state index in [9.17, 15) is 0 Å². The number of halogens is 1. The second-order valence-electron chi connectivity index (χ2n) is 9.44. The van der Waals surface area contributed by atoms with Crippen LogP contribution in [0.3, 0.4) is 0 Å². The molecule has 34 heavy (non-hydrogen) atoms. The summed E-state index contributed by atoms with van der Waals surface area (Å²) < 4.78 is 17.0. The fraction of sp³-hybridized carbons (Fsp3) is 0.370. The predicted molar refractivity (Wildman–Crippen MR) is 133 cm³/mol. The van der Waals surface area contributed by atoms with Gasteiger partial charge in [0.2, 0.25) is 0 Å². The molecule has 4 atom stereocenters. The van der Waals surface area contributed by atoms with Gasteiger partial charge in [0, 0.05) is 73.2 Å². The van der Waals surface area contributed by atoms with Crippen LogP contribution in [-0.2, 0) is 7.05 Å². The van der Waals surface area contributed by atoms with E-state index in [1.807, 2.05) is 62.1 Å². The van der Waals surface area contributed by atoms with Crippen LogP contribution >= 0.6 is 0 Å². The predicted octanol–water partition coefficient (Wildman–Crippen LogP) is 4.58. The molecule has 2 aromatic heterocycles. The second kappa shape index (κ2) is 9.14. The fourth-order valence-electron chi connectivity index (χ4n) is 5.36. The van der Waals surface area contributed by atoms with E-state index in [0.29, 0.717) is 11.9 Å². The molecule has 2 bridgehead atoms. The normalized spacial score (nSPS) is 24.9. The van der Waals surface area contributed by atoms with Gasteiger partial charge < -0.3 is 4.90 Å². The van der Waals surface area contributed by atoms with Crippen molar-refractivity contribution >= 4 is 5.57 Å². The van der Waals surface area contributed by atoms with Crippen molar-refractivity contribution in [2.75, 3.05) is 14.1 Å². The molecule has 0 amide bonds. The zero-order valence-electron chi connectivity index (χ0n) is 20.0. The maximum Gasteiger partial charge on any atom is 0.159 e. The van der Waals surface area contributed by atoms with Crippen LogP contribution in [0.25, 0.3) is 28.1 Å². The first-order valence-corrected chi connectivity index (χ1v) is 11.8. The van der Waals surface area contributed by atoms with Crippen molar-refractivity contribution in [2.45, 2.75) is 43.6 Å². The van der Waals surface area contributed by atoms with Gasteiger partial charge in [0.05, 0.1) is 12.2 Å². The van der Waals surface area contributed by atoms with Gasteiger partial charge in [0.1, 0.15) is 6.17 Å². The lowest BCUT2D eigenvalue weighted by Gasteiger charge is -2.42. The van der Waals surface area contributed by atoms with Crippen LogP contribution in [0.2, 0.25) is 0 Å². The summed E-state index contributed by atoms with van der Waals surface area (Å²) in [7, 11) is 5.92. The number of rotatable bonds is 6. The molecule has 6 nitrogen and oxygen atoms in total. The first kappa shape index (κ1) is 22.5. The van der Waals surface area contributed by atoms with Crippen LogP contribution < -0.4 is 0 Å². The molecule has 0 N–H and O–H groups in total. The average molecular weight is 459 g/mol. The van der Waals surface area contributed by atoms with Crippen LogP contribution in [0, 0.1) is 0 Å². The van der Waals surface area contributed by atoms with E-state index >= 15 is 4.39 Å². The lowest BCUT2D eigenvalue weighted by atomic mass is 9.95. The summed E-state index contributed by atoms with van der Waals surface area (Å²) in [6, 6.07) is 8.49. The molecule has 3 aromatic rings. The largest absolute Gasteiger partial charge is 0.374 e.